The average molecular weight is 311 g/mol. The van der Waals surface area contributed by atoms with Crippen molar-refractivity contribution in [2.75, 3.05) is 26.2 Å². The fraction of sp³-hybridized carbons (Fsp3) is 0.308. The van der Waals surface area contributed by atoms with Gasteiger partial charge in [0.05, 0.1) is 19.9 Å². The maximum Gasteiger partial charge on any atom is 0.179 e. The quantitative estimate of drug-likeness (QED) is 0.908. The fourth-order valence-corrected chi connectivity index (χ4v) is 2.84. The van der Waals surface area contributed by atoms with Gasteiger partial charge in [0.25, 0.3) is 0 Å². The molecule has 2 aromatic rings. The van der Waals surface area contributed by atoms with Gasteiger partial charge in [-0.1, -0.05) is 0 Å². The van der Waals surface area contributed by atoms with E-state index in [0.29, 0.717) is 22.8 Å². The molecule has 2 rings (SSSR count). The predicted molar refractivity (Wildman–Crippen MR) is 79.3 cm³/mol. The van der Waals surface area contributed by atoms with Crippen molar-refractivity contribution in [2.24, 2.45) is 7.05 Å². The lowest BCUT2D eigenvalue weighted by molar-refractivity contribution is 0.394. The Balaban J connectivity index is 2.81. The van der Waals surface area contributed by atoms with Crippen molar-refractivity contribution in [3.8, 4) is 22.8 Å². The van der Waals surface area contributed by atoms with E-state index in [0.717, 1.165) is 6.26 Å². The maximum absolute atomic E-state index is 12.0. The molecule has 7 nitrogen and oxygen atoms in total. The van der Waals surface area contributed by atoms with E-state index in [9.17, 15) is 8.42 Å². The van der Waals surface area contributed by atoms with Crippen molar-refractivity contribution in [1.29, 1.82) is 0 Å². The van der Waals surface area contributed by atoms with E-state index >= 15 is 0 Å². The van der Waals surface area contributed by atoms with E-state index < -0.39 is 9.84 Å². The first-order valence-electron chi connectivity index (χ1n) is 6.04. The standard InChI is InChI=1S/C13H17N3O4S/c1-16-12(14)7-10(15-16)9-5-8(19-2)6-11(13(9)20-3)21(4,17)18/h5-7H,14H2,1-4H3. The summed E-state index contributed by atoms with van der Waals surface area (Å²) in [4.78, 5) is 0.0450. The number of nitrogens with two attached hydrogens (primary N) is 1. The molecule has 0 saturated heterocycles. The number of hydrogen-bond acceptors (Lipinski definition) is 6. The van der Waals surface area contributed by atoms with Crippen molar-refractivity contribution >= 4 is 15.7 Å². The van der Waals surface area contributed by atoms with Crippen LogP contribution >= 0.6 is 0 Å². The minimum absolute atomic E-state index is 0.0450. The van der Waals surface area contributed by atoms with Crippen LogP contribution in [0.25, 0.3) is 11.3 Å². The summed E-state index contributed by atoms with van der Waals surface area (Å²) < 4.78 is 35.8. The largest absolute Gasteiger partial charge is 0.497 e. The van der Waals surface area contributed by atoms with Crippen LogP contribution in [0.2, 0.25) is 0 Å². The summed E-state index contributed by atoms with van der Waals surface area (Å²) in [6.45, 7) is 0. The third-order valence-corrected chi connectivity index (χ3v) is 4.16. The molecule has 0 amide bonds. The summed E-state index contributed by atoms with van der Waals surface area (Å²) >= 11 is 0. The van der Waals surface area contributed by atoms with E-state index in [4.69, 9.17) is 15.2 Å². The monoisotopic (exact) mass is 311 g/mol. The molecule has 2 N–H and O–H groups in total. The number of methoxy groups -OCH3 is 2. The van der Waals surface area contributed by atoms with E-state index in [-0.39, 0.29) is 10.6 Å². The first-order chi connectivity index (χ1) is 9.77. The van der Waals surface area contributed by atoms with E-state index in [1.807, 2.05) is 0 Å². The molecule has 1 aromatic carbocycles. The second-order valence-corrected chi connectivity index (χ2v) is 6.54. The molecule has 0 unspecified atom stereocenters. The third kappa shape index (κ3) is 2.80. The highest BCUT2D eigenvalue weighted by Gasteiger charge is 2.22. The van der Waals surface area contributed by atoms with E-state index in [1.165, 1.54) is 25.0 Å². The van der Waals surface area contributed by atoms with Gasteiger partial charge < -0.3 is 15.2 Å². The van der Waals surface area contributed by atoms with Crippen molar-refractivity contribution in [3.05, 3.63) is 18.2 Å². The Bertz CT molecular complexity index is 761. The lowest BCUT2D eigenvalue weighted by Crippen LogP contribution is -2.03. The zero-order chi connectivity index (χ0) is 15.8. The highest BCUT2D eigenvalue weighted by molar-refractivity contribution is 7.90. The number of sulfone groups is 1. The van der Waals surface area contributed by atoms with E-state index in [1.54, 1.807) is 19.2 Å². The summed E-state index contributed by atoms with van der Waals surface area (Å²) in [5.41, 5.74) is 6.79. The molecule has 0 radical (unpaired) electrons. The third-order valence-electron chi connectivity index (χ3n) is 3.06. The summed E-state index contributed by atoms with van der Waals surface area (Å²) in [5, 5.41) is 4.25. The van der Waals surface area contributed by atoms with Gasteiger partial charge in [0.1, 0.15) is 22.2 Å². The van der Waals surface area contributed by atoms with Gasteiger partial charge in [0.15, 0.2) is 9.84 Å². The minimum atomic E-state index is -3.48. The molecule has 1 aromatic heterocycles. The van der Waals surface area contributed by atoms with Crippen molar-refractivity contribution in [2.45, 2.75) is 4.90 Å². The highest BCUT2D eigenvalue weighted by Crippen LogP contribution is 2.39. The van der Waals surface area contributed by atoms with Crippen LogP contribution in [-0.2, 0) is 16.9 Å². The number of nitrogens with zero attached hydrogens (tertiary/aromatic N) is 2. The molecule has 8 heteroatoms. The molecule has 0 spiro atoms. The topological polar surface area (TPSA) is 96.4 Å². The zero-order valence-electron chi connectivity index (χ0n) is 12.2. The lowest BCUT2D eigenvalue weighted by Gasteiger charge is -2.13. The van der Waals surface area contributed by atoms with Crippen molar-refractivity contribution < 1.29 is 17.9 Å². The van der Waals surface area contributed by atoms with Crippen LogP contribution in [0, 0.1) is 0 Å². The van der Waals surface area contributed by atoms with Gasteiger partial charge in [-0.05, 0) is 6.07 Å². The molecular weight excluding hydrogens is 294 g/mol. The Morgan fingerprint density at radius 3 is 2.29 bits per heavy atom. The maximum atomic E-state index is 12.0. The molecule has 0 fully saturated rings. The van der Waals surface area contributed by atoms with Crippen LogP contribution in [0.5, 0.6) is 11.5 Å². The Kier molecular flexibility index (Phi) is 3.82. The smallest absolute Gasteiger partial charge is 0.179 e. The van der Waals surface area contributed by atoms with Crippen LogP contribution < -0.4 is 15.2 Å². The van der Waals surface area contributed by atoms with Crippen molar-refractivity contribution in [1.82, 2.24) is 9.78 Å². The van der Waals surface area contributed by atoms with Gasteiger partial charge >= 0.3 is 0 Å². The normalized spacial score (nSPS) is 11.4. The SMILES string of the molecule is COc1cc(-c2cc(N)n(C)n2)c(OC)c(S(C)(=O)=O)c1. The minimum Gasteiger partial charge on any atom is -0.497 e. The molecule has 0 aliphatic rings. The highest BCUT2D eigenvalue weighted by atomic mass is 32.2. The van der Waals surface area contributed by atoms with Crippen molar-refractivity contribution in [3.63, 3.8) is 0 Å². The fourth-order valence-electron chi connectivity index (χ4n) is 1.98. The molecule has 0 aliphatic carbocycles. The Morgan fingerprint density at radius 1 is 1.19 bits per heavy atom. The second-order valence-electron chi connectivity index (χ2n) is 4.56. The summed E-state index contributed by atoms with van der Waals surface area (Å²) in [5.74, 6) is 1.07. The molecule has 0 saturated carbocycles. The van der Waals surface area contributed by atoms with Gasteiger partial charge in [0, 0.05) is 31.0 Å². The number of aromatic nitrogens is 2. The molecular formula is C13H17N3O4S. The van der Waals surface area contributed by atoms with Gasteiger partial charge in [0.2, 0.25) is 0 Å². The van der Waals surface area contributed by atoms with Crippen LogP contribution in [-0.4, -0.2) is 38.7 Å². The molecule has 0 atom stereocenters. The Labute approximate surface area is 123 Å². The Morgan fingerprint density at radius 2 is 1.86 bits per heavy atom. The number of ether oxygens (including phenoxy) is 2. The molecule has 114 valence electrons. The molecule has 0 bridgehead atoms. The van der Waals surface area contributed by atoms with Crippen LogP contribution in [0.3, 0.4) is 0 Å². The lowest BCUT2D eigenvalue weighted by atomic mass is 10.1. The van der Waals surface area contributed by atoms with Gasteiger partial charge in [-0.25, -0.2) is 8.42 Å². The number of nitrogen functional groups attached to an aromatic ring is 1. The average Bonchev–Trinajstić information content (AvgIpc) is 2.76. The number of benzene rings is 1. The number of anilines is 1. The molecule has 1 heterocycles. The zero-order valence-corrected chi connectivity index (χ0v) is 13.1. The number of rotatable bonds is 4. The van der Waals surface area contributed by atoms with Gasteiger partial charge in [-0.2, -0.15) is 5.10 Å². The van der Waals surface area contributed by atoms with Gasteiger partial charge in [-0.3, -0.25) is 4.68 Å². The van der Waals surface area contributed by atoms with E-state index in [2.05, 4.69) is 5.10 Å². The number of aryl methyl sites for hydroxylation is 1. The Hall–Kier alpha value is -2.22. The number of hydrogen-bond donors (Lipinski definition) is 1. The summed E-state index contributed by atoms with van der Waals surface area (Å²) in [6, 6.07) is 4.72. The van der Waals surface area contributed by atoms with Crippen LogP contribution in [0.15, 0.2) is 23.1 Å². The molecule has 21 heavy (non-hydrogen) atoms. The second kappa shape index (κ2) is 5.28. The van der Waals surface area contributed by atoms with Gasteiger partial charge in [-0.15, -0.1) is 0 Å². The predicted octanol–water partition coefficient (Wildman–Crippen LogP) is 1.09. The summed E-state index contributed by atoms with van der Waals surface area (Å²) in [7, 11) is 1.09. The summed E-state index contributed by atoms with van der Waals surface area (Å²) in [6.07, 6.45) is 1.11. The van der Waals surface area contributed by atoms with Crippen LogP contribution in [0.4, 0.5) is 5.82 Å². The first kappa shape index (κ1) is 15.2. The first-order valence-corrected chi connectivity index (χ1v) is 7.93. The molecule has 0 aliphatic heterocycles. The van der Waals surface area contributed by atoms with Crippen LogP contribution in [0.1, 0.15) is 0 Å².